The third kappa shape index (κ3) is 4.60. The largest absolute Gasteiger partial charge is 0.314 e. The van der Waals surface area contributed by atoms with Crippen LogP contribution in [0.2, 0.25) is 0 Å². The van der Waals surface area contributed by atoms with Crippen LogP contribution in [0.4, 0.5) is 0 Å². The van der Waals surface area contributed by atoms with E-state index in [1.807, 2.05) is 6.20 Å². The normalized spacial score (nSPS) is 17.2. The highest BCUT2D eigenvalue weighted by atomic mass is 15.3. The van der Waals surface area contributed by atoms with E-state index in [0.717, 1.165) is 39.1 Å². The summed E-state index contributed by atoms with van der Waals surface area (Å²) in [6, 6.07) is 2.14. The minimum Gasteiger partial charge on any atom is -0.314 e. The van der Waals surface area contributed by atoms with Crippen LogP contribution < -0.4 is 5.32 Å². The standard InChI is InChI=1S/C14H27N5/c1-3-8-19-14(4-5-16-19)13-17(2)11-12-18-9-6-15-7-10-18/h4-5,15H,3,6-13H2,1-2H3. The second kappa shape index (κ2) is 7.62. The van der Waals surface area contributed by atoms with E-state index in [0.29, 0.717) is 0 Å². The maximum atomic E-state index is 4.38. The van der Waals surface area contributed by atoms with Crippen molar-refractivity contribution in [1.29, 1.82) is 0 Å². The fraction of sp³-hybridized carbons (Fsp3) is 0.786. The Morgan fingerprint density at radius 2 is 2.11 bits per heavy atom. The van der Waals surface area contributed by atoms with Gasteiger partial charge in [-0.2, -0.15) is 5.10 Å². The van der Waals surface area contributed by atoms with E-state index in [4.69, 9.17) is 0 Å². The number of nitrogens with one attached hydrogen (secondary N) is 1. The van der Waals surface area contributed by atoms with Crippen LogP contribution in [-0.2, 0) is 13.1 Å². The Balaban J connectivity index is 1.73. The van der Waals surface area contributed by atoms with Crippen molar-refractivity contribution in [3.63, 3.8) is 0 Å². The molecule has 0 bridgehead atoms. The zero-order valence-corrected chi connectivity index (χ0v) is 12.3. The average Bonchev–Trinajstić information content (AvgIpc) is 2.85. The van der Waals surface area contributed by atoms with Gasteiger partial charge in [-0.3, -0.25) is 14.5 Å². The number of hydrogen-bond acceptors (Lipinski definition) is 4. The average molecular weight is 265 g/mol. The lowest BCUT2D eigenvalue weighted by atomic mass is 10.3. The molecular weight excluding hydrogens is 238 g/mol. The minimum absolute atomic E-state index is 0.992. The second-order valence-electron chi connectivity index (χ2n) is 5.38. The van der Waals surface area contributed by atoms with Gasteiger partial charge in [0.15, 0.2) is 0 Å². The quantitative estimate of drug-likeness (QED) is 0.784. The topological polar surface area (TPSA) is 36.3 Å². The van der Waals surface area contributed by atoms with Crippen LogP contribution in [0.3, 0.4) is 0 Å². The summed E-state index contributed by atoms with van der Waals surface area (Å²) in [5, 5.41) is 7.77. The Kier molecular flexibility index (Phi) is 5.82. The van der Waals surface area contributed by atoms with E-state index in [-0.39, 0.29) is 0 Å². The molecule has 0 atom stereocenters. The zero-order valence-electron chi connectivity index (χ0n) is 12.3. The molecule has 1 fully saturated rings. The smallest absolute Gasteiger partial charge is 0.0524 e. The van der Waals surface area contributed by atoms with E-state index in [9.17, 15) is 0 Å². The van der Waals surface area contributed by atoms with Crippen LogP contribution >= 0.6 is 0 Å². The molecule has 2 rings (SSSR count). The first-order chi connectivity index (χ1) is 9.29. The summed E-state index contributed by atoms with van der Waals surface area (Å²) in [5.41, 5.74) is 1.32. The Hall–Kier alpha value is -0.910. The Morgan fingerprint density at radius 1 is 1.32 bits per heavy atom. The molecule has 0 radical (unpaired) electrons. The lowest BCUT2D eigenvalue weighted by molar-refractivity contribution is 0.200. The Morgan fingerprint density at radius 3 is 2.84 bits per heavy atom. The first kappa shape index (κ1) is 14.5. The molecule has 1 aromatic heterocycles. The van der Waals surface area contributed by atoms with Crippen molar-refractivity contribution in [2.24, 2.45) is 0 Å². The first-order valence-corrected chi connectivity index (χ1v) is 7.42. The van der Waals surface area contributed by atoms with E-state index in [2.05, 4.69) is 44.9 Å². The number of piperazine rings is 1. The SMILES string of the molecule is CCCn1nccc1CN(C)CCN1CCNCC1. The summed E-state index contributed by atoms with van der Waals surface area (Å²) >= 11 is 0. The molecule has 0 amide bonds. The van der Waals surface area contributed by atoms with Gasteiger partial charge in [0, 0.05) is 58.6 Å². The van der Waals surface area contributed by atoms with Gasteiger partial charge in [-0.1, -0.05) is 6.92 Å². The fourth-order valence-electron chi connectivity index (χ4n) is 2.51. The number of aromatic nitrogens is 2. The predicted molar refractivity (Wildman–Crippen MR) is 78.2 cm³/mol. The van der Waals surface area contributed by atoms with E-state index < -0.39 is 0 Å². The molecule has 19 heavy (non-hydrogen) atoms. The molecule has 1 N–H and O–H groups in total. The molecule has 0 aliphatic carbocycles. The van der Waals surface area contributed by atoms with Crippen molar-refractivity contribution in [1.82, 2.24) is 24.9 Å². The fourth-order valence-corrected chi connectivity index (χ4v) is 2.51. The van der Waals surface area contributed by atoms with Crippen molar-refractivity contribution in [3.8, 4) is 0 Å². The maximum absolute atomic E-state index is 4.38. The van der Waals surface area contributed by atoms with Crippen molar-refractivity contribution in [2.75, 3.05) is 46.3 Å². The molecule has 0 unspecified atom stereocenters. The van der Waals surface area contributed by atoms with Crippen LogP contribution in [0.1, 0.15) is 19.0 Å². The van der Waals surface area contributed by atoms with Crippen molar-refractivity contribution >= 4 is 0 Å². The van der Waals surface area contributed by atoms with Crippen LogP contribution in [0.25, 0.3) is 0 Å². The van der Waals surface area contributed by atoms with Crippen molar-refractivity contribution in [2.45, 2.75) is 26.4 Å². The summed E-state index contributed by atoms with van der Waals surface area (Å²) < 4.78 is 2.13. The van der Waals surface area contributed by atoms with Crippen LogP contribution in [-0.4, -0.2) is 65.9 Å². The van der Waals surface area contributed by atoms with Crippen LogP contribution in [0.15, 0.2) is 12.3 Å². The highest BCUT2D eigenvalue weighted by molar-refractivity contribution is 5.00. The van der Waals surface area contributed by atoms with E-state index in [1.165, 1.54) is 25.3 Å². The minimum atomic E-state index is 0.992. The monoisotopic (exact) mass is 265 g/mol. The molecule has 1 aliphatic rings. The molecule has 0 aromatic carbocycles. The second-order valence-corrected chi connectivity index (χ2v) is 5.38. The van der Waals surface area contributed by atoms with Crippen molar-refractivity contribution < 1.29 is 0 Å². The maximum Gasteiger partial charge on any atom is 0.0524 e. The van der Waals surface area contributed by atoms with Crippen LogP contribution in [0.5, 0.6) is 0 Å². The molecule has 108 valence electrons. The Bertz CT molecular complexity index is 356. The summed E-state index contributed by atoms with van der Waals surface area (Å²) in [6.45, 7) is 11.1. The molecule has 0 saturated carbocycles. The van der Waals surface area contributed by atoms with Gasteiger partial charge in [-0.05, 0) is 19.5 Å². The van der Waals surface area contributed by atoms with Gasteiger partial charge < -0.3 is 5.32 Å². The molecular formula is C14H27N5. The lowest BCUT2D eigenvalue weighted by Crippen LogP contribution is -2.45. The van der Waals surface area contributed by atoms with Gasteiger partial charge in [-0.15, -0.1) is 0 Å². The third-order valence-corrected chi connectivity index (χ3v) is 3.68. The first-order valence-electron chi connectivity index (χ1n) is 7.42. The summed E-state index contributed by atoms with van der Waals surface area (Å²) in [7, 11) is 2.20. The molecule has 1 saturated heterocycles. The number of hydrogen-bond donors (Lipinski definition) is 1. The van der Waals surface area contributed by atoms with Gasteiger partial charge in [0.05, 0.1) is 5.69 Å². The molecule has 1 aliphatic heterocycles. The molecule has 2 heterocycles. The number of likely N-dealkylation sites (N-methyl/N-ethyl adjacent to an activating group) is 1. The molecule has 5 nitrogen and oxygen atoms in total. The van der Waals surface area contributed by atoms with Gasteiger partial charge >= 0.3 is 0 Å². The number of nitrogens with zero attached hydrogens (tertiary/aromatic N) is 4. The summed E-state index contributed by atoms with van der Waals surface area (Å²) in [4.78, 5) is 4.93. The number of rotatable bonds is 7. The molecule has 5 heteroatoms. The van der Waals surface area contributed by atoms with E-state index in [1.54, 1.807) is 0 Å². The molecule has 0 spiro atoms. The zero-order chi connectivity index (χ0) is 13.5. The highest BCUT2D eigenvalue weighted by Gasteiger charge is 2.11. The van der Waals surface area contributed by atoms with Crippen molar-refractivity contribution in [3.05, 3.63) is 18.0 Å². The van der Waals surface area contributed by atoms with E-state index >= 15 is 0 Å². The van der Waals surface area contributed by atoms with Gasteiger partial charge in [0.2, 0.25) is 0 Å². The van der Waals surface area contributed by atoms with Crippen LogP contribution in [0, 0.1) is 0 Å². The molecule has 1 aromatic rings. The lowest BCUT2D eigenvalue weighted by Gasteiger charge is -2.29. The third-order valence-electron chi connectivity index (χ3n) is 3.68. The van der Waals surface area contributed by atoms with Gasteiger partial charge in [0.25, 0.3) is 0 Å². The Labute approximate surface area is 116 Å². The number of aryl methyl sites for hydroxylation is 1. The van der Waals surface area contributed by atoms with Gasteiger partial charge in [0.1, 0.15) is 0 Å². The predicted octanol–water partition coefficient (Wildman–Crippen LogP) is 0.630. The van der Waals surface area contributed by atoms with Gasteiger partial charge in [-0.25, -0.2) is 0 Å². The summed E-state index contributed by atoms with van der Waals surface area (Å²) in [5.74, 6) is 0. The highest BCUT2D eigenvalue weighted by Crippen LogP contribution is 2.04. The summed E-state index contributed by atoms with van der Waals surface area (Å²) in [6.07, 6.45) is 3.05.